The number of hydrogen-bond donors (Lipinski definition) is 1. The average molecular weight is 245 g/mol. The number of fused-ring (bicyclic) bond motifs is 1. The Balaban J connectivity index is 2.05. The lowest BCUT2D eigenvalue weighted by atomic mass is 10.0. The lowest BCUT2D eigenvalue weighted by Gasteiger charge is -2.17. The van der Waals surface area contributed by atoms with Gasteiger partial charge in [-0.25, -0.2) is 0 Å². The summed E-state index contributed by atoms with van der Waals surface area (Å²) < 4.78 is 5.55. The Labute approximate surface area is 110 Å². The van der Waals surface area contributed by atoms with Crippen molar-refractivity contribution >= 4 is 0 Å². The second-order valence-corrected chi connectivity index (χ2v) is 5.12. The summed E-state index contributed by atoms with van der Waals surface area (Å²) in [5.74, 6) is 1.07. The van der Waals surface area contributed by atoms with Gasteiger partial charge in [0.15, 0.2) is 0 Å². The zero-order chi connectivity index (χ0) is 13.0. The van der Waals surface area contributed by atoms with Crippen LogP contribution >= 0.6 is 0 Å². The molecule has 1 heterocycles. The molecule has 0 spiro atoms. The maximum atomic E-state index is 5.55. The highest BCUT2D eigenvalue weighted by Gasteiger charge is 2.15. The fourth-order valence-corrected chi connectivity index (χ4v) is 2.33. The molecule has 1 aliphatic rings. The van der Waals surface area contributed by atoms with Crippen LogP contribution in [0.3, 0.4) is 0 Å². The molecule has 2 nitrogen and oxygen atoms in total. The normalized spacial score (nSPS) is 14.8. The summed E-state index contributed by atoms with van der Waals surface area (Å²) in [5, 5.41) is 3.59. The fraction of sp³-hybridized carbons (Fsp3) is 0.500. The van der Waals surface area contributed by atoms with Crippen LogP contribution in [0.25, 0.3) is 0 Å². The van der Waals surface area contributed by atoms with Crippen LogP contribution < -0.4 is 10.1 Å². The first-order valence-electron chi connectivity index (χ1n) is 6.83. The Morgan fingerprint density at radius 1 is 1.44 bits per heavy atom. The van der Waals surface area contributed by atoms with E-state index < -0.39 is 0 Å². The van der Waals surface area contributed by atoms with E-state index in [2.05, 4.69) is 50.4 Å². The summed E-state index contributed by atoms with van der Waals surface area (Å²) in [6, 6.07) is 7.04. The number of nitrogens with one attached hydrogen (secondary N) is 1. The molecule has 1 atom stereocenters. The molecule has 0 aromatic heterocycles. The van der Waals surface area contributed by atoms with Crippen LogP contribution in [0.15, 0.2) is 29.8 Å². The second-order valence-electron chi connectivity index (χ2n) is 5.12. The molecule has 0 saturated heterocycles. The number of benzene rings is 1. The van der Waals surface area contributed by atoms with E-state index in [1.165, 1.54) is 16.7 Å². The van der Waals surface area contributed by atoms with E-state index in [9.17, 15) is 0 Å². The highest BCUT2D eigenvalue weighted by atomic mass is 16.5. The Kier molecular flexibility index (Phi) is 4.43. The van der Waals surface area contributed by atoms with Gasteiger partial charge in [-0.1, -0.05) is 30.7 Å². The van der Waals surface area contributed by atoms with Crippen molar-refractivity contribution in [3.63, 3.8) is 0 Å². The molecule has 2 rings (SSSR count). The Hall–Kier alpha value is -1.28. The maximum absolute atomic E-state index is 5.55. The predicted molar refractivity (Wildman–Crippen MR) is 76.1 cm³/mol. The average Bonchev–Trinajstić information content (AvgIpc) is 2.81. The van der Waals surface area contributed by atoms with Gasteiger partial charge in [-0.15, -0.1) is 0 Å². The predicted octanol–water partition coefficient (Wildman–Crippen LogP) is 3.63. The molecule has 1 N–H and O–H groups in total. The third-order valence-corrected chi connectivity index (χ3v) is 3.40. The van der Waals surface area contributed by atoms with Crippen molar-refractivity contribution < 1.29 is 4.74 Å². The SMILES string of the molecule is CCC(NCC=C(C)C)c1ccc2c(c1)CCO2. The van der Waals surface area contributed by atoms with Crippen LogP contribution in [0.1, 0.15) is 44.4 Å². The van der Waals surface area contributed by atoms with Crippen molar-refractivity contribution in [3.05, 3.63) is 41.0 Å². The number of allylic oxidation sites excluding steroid dienone is 1. The maximum Gasteiger partial charge on any atom is 0.122 e. The minimum atomic E-state index is 0.437. The summed E-state index contributed by atoms with van der Waals surface area (Å²) >= 11 is 0. The third kappa shape index (κ3) is 3.14. The zero-order valence-electron chi connectivity index (χ0n) is 11.6. The molecular formula is C16H23NO. The van der Waals surface area contributed by atoms with Gasteiger partial charge in [0.2, 0.25) is 0 Å². The highest BCUT2D eigenvalue weighted by Crippen LogP contribution is 2.28. The van der Waals surface area contributed by atoms with Gasteiger partial charge in [0.25, 0.3) is 0 Å². The van der Waals surface area contributed by atoms with E-state index in [-0.39, 0.29) is 0 Å². The van der Waals surface area contributed by atoms with Crippen molar-refractivity contribution in [2.24, 2.45) is 0 Å². The van der Waals surface area contributed by atoms with Crippen LogP contribution in [0.4, 0.5) is 0 Å². The number of hydrogen-bond acceptors (Lipinski definition) is 2. The molecular weight excluding hydrogens is 222 g/mol. The van der Waals surface area contributed by atoms with Gasteiger partial charge >= 0.3 is 0 Å². The summed E-state index contributed by atoms with van der Waals surface area (Å²) in [5.41, 5.74) is 4.10. The molecule has 1 aromatic carbocycles. The first-order valence-corrected chi connectivity index (χ1v) is 6.83. The monoisotopic (exact) mass is 245 g/mol. The first-order chi connectivity index (χ1) is 8.70. The lowest BCUT2D eigenvalue weighted by molar-refractivity contribution is 0.356. The van der Waals surface area contributed by atoms with Crippen molar-refractivity contribution in [3.8, 4) is 5.75 Å². The molecule has 0 aliphatic carbocycles. The summed E-state index contributed by atoms with van der Waals surface area (Å²) in [6.45, 7) is 8.27. The topological polar surface area (TPSA) is 21.3 Å². The van der Waals surface area contributed by atoms with Crippen LogP contribution in [-0.2, 0) is 6.42 Å². The fourth-order valence-electron chi connectivity index (χ4n) is 2.33. The van der Waals surface area contributed by atoms with Crippen LogP contribution in [0.5, 0.6) is 5.75 Å². The number of ether oxygens (including phenoxy) is 1. The zero-order valence-corrected chi connectivity index (χ0v) is 11.6. The van der Waals surface area contributed by atoms with Gasteiger partial charge in [0.05, 0.1) is 6.61 Å². The van der Waals surface area contributed by atoms with E-state index in [4.69, 9.17) is 4.74 Å². The van der Waals surface area contributed by atoms with Gasteiger partial charge in [-0.2, -0.15) is 0 Å². The van der Waals surface area contributed by atoms with Gasteiger partial charge < -0.3 is 10.1 Å². The van der Waals surface area contributed by atoms with Gasteiger partial charge in [0, 0.05) is 19.0 Å². The Morgan fingerprint density at radius 2 is 2.28 bits per heavy atom. The van der Waals surface area contributed by atoms with E-state index >= 15 is 0 Å². The lowest BCUT2D eigenvalue weighted by Crippen LogP contribution is -2.21. The molecule has 0 radical (unpaired) electrons. The van der Waals surface area contributed by atoms with Crippen LogP contribution in [0.2, 0.25) is 0 Å². The minimum absolute atomic E-state index is 0.437. The Bertz CT molecular complexity index is 433. The molecule has 0 amide bonds. The molecule has 2 heteroatoms. The summed E-state index contributed by atoms with van der Waals surface area (Å²) in [4.78, 5) is 0. The van der Waals surface area contributed by atoms with Gasteiger partial charge in [0.1, 0.15) is 5.75 Å². The number of rotatable bonds is 5. The van der Waals surface area contributed by atoms with E-state index in [1.54, 1.807) is 0 Å². The highest BCUT2D eigenvalue weighted by molar-refractivity contribution is 5.40. The van der Waals surface area contributed by atoms with Crippen LogP contribution in [-0.4, -0.2) is 13.2 Å². The van der Waals surface area contributed by atoms with E-state index in [1.807, 2.05) is 0 Å². The second kappa shape index (κ2) is 6.05. The van der Waals surface area contributed by atoms with Gasteiger partial charge in [-0.3, -0.25) is 0 Å². The summed E-state index contributed by atoms with van der Waals surface area (Å²) in [6.07, 6.45) is 4.39. The smallest absolute Gasteiger partial charge is 0.122 e. The quantitative estimate of drug-likeness (QED) is 0.800. The van der Waals surface area contributed by atoms with Crippen molar-refractivity contribution in [1.29, 1.82) is 0 Å². The van der Waals surface area contributed by atoms with Crippen molar-refractivity contribution in [2.75, 3.05) is 13.2 Å². The molecule has 1 unspecified atom stereocenters. The Morgan fingerprint density at radius 3 is 3.00 bits per heavy atom. The van der Waals surface area contributed by atoms with Gasteiger partial charge in [-0.05, 0) is 37.5 Å². The van der Waals surface area contributed by atoms with Crippen molar-refractivity contribution in [1.82, 2.24) is 5.32 Å². The van der Waals surface area contributed by atoms with E-state index in [0.717, 1.165) is 31.7 Å². The minimum Gasteiger partial charge on any atom is -0.493 e. The molecule has 0 fully saturated rings. The summed E-state index contributed by atoms with van der Waals surface area (Å²) in [7, 11) is 0. The molecule has 0 bridgehead atoms. The van der Waals surface area contributed by atoms with E-state index in [0.29, 0.717) is 6.04 Å². The third-order valence-electron chi connectivity index (χ3n) is 3.40. The molecule has 0 saturated carbocycles. The molecule has 1 aromatic rings. The molecule has 98 valence electrons. The van der Waals surface area contributed by atoms with Crippen molar-refractivity contribution in [2.45, 2.75) is 39.7 Å². The van der Waals surface area contributed by atoms with Crippen LogP contribution in [0, 0.1) is 0 Å². The first kappa shape index (κ1) is 13.2. The molecule has 18 heavy (non-hydrogen) atoms. The molecule has 1 aliphatic heterocycles. The largest absolute Gasteiger partial charge is 0.493 e. The standard InChI is InChI=1S/C16H23NO/c1-4-15(17-9-7-12(2)3)13-5-6-16-14(11-13)8-10-18-16/h5-7,11,15,17H,4,8-10H2,1-3H3.